The number of hydrogen-bond donors (Lipinski definition) is 1. The van der Waals surface area contributed by atoms with Gasteiger partial charge in [-0.2, -0.15) is 0 Å². The van der Waals surface area contributed by atoms with E-state index in [1.54, 1.807) is 0 Å². The van der Waals surface area contributed by atoms with E-state index < -0.39 is 0 Å². The smallest absolute Gasteiger partial charge is 0.0502 e. The minimum Gasteiger partial charge on any atom is -0.326 e. The highest BCUT2D eigenvalue weighted by molar-refractivity contribution is 6.30. The molecule has 2 rings (SSSR count). The van der Waals surface area contributed by atoms with Crippen molar-refractivity contribution < 1.29 is 0 Å². The largest absolute Gasteiger partial charge is 0.326 e. The molecule has 0 aliphatic heterocycles. The molecule has 0 amide bonds. The summed E-state index contributed by atoms with van der Waals surface area (Å²) in [7, 11) is 0. The minimum absolute atomic E-state index is 0.180. The highest BCUT2D eigenvalue weighted by Gasteiger charge is 2.36. The third-order valence-corrected chi connectivity index (χ3v) is 4.68. The molecule has 0 heterocycles. The van der Waals surface area contributed by atoms with Crippen molar-refractivity contribution in [2.75, 3.05) is 6.54 Å². The molecule has 2 unspecified atom stereocenters. The molecule has 118 valence electrons. The standard InChI is InChI=1S/C18H29ClN2/c1-4-17(20)18(14-5-7-15(19)8-6-14)21(16-9-10-16)12-11-13(2)3/h5-8,13,16-18H,4,9-12,20H2,1-3H3. The average Bonchev–Trinajstić information content (AvgIpc) is 3.28. The van der Waals surface area contributed by atoms with Crippen molar-refractivity contribution in [2.45, 2.75) is 64.6 Å². The van der Waals surface area contributed by atoms with Crippen LogP contribution in [0.2, 0.25) is 5.02 Å². The van der Waals surface area contributed by atoms with Crippen LogP contribution in [0.15, 0.2) is 24.3 Å². The molecular weight excluding hydrogens is 280 g/mol. The topological polar surface area (TPSA) is 29.3 Å². The third-order valence-electron chi connectivity index (χ3n) is 4.43. The van der Waals surface area contributed by atoms with Crippen LogP contribution in [-0.2, 0) is 0 Å². The molecule has 2 nitrogen and oxygen atoms in total. The Morgan fingerprint density at radius 3 is 2.33 bits per heavy atom. The maximum absolute atomic E-state index is 6.49. The number of hydrogen-bond acceptors (Lipinski definition) is 2. The van der Waals surface area contributed by atoms with Crippen molar-refractivity contribution in [1.82, 2.24) is 4.90 Å². The highest BCUT2D eigenvalue weighted by Crippen LogP contribution is 2.37. The van der Waals surface area contributed by atoms with Gasteiger partial charge >= 0.3 is 0 Å². The molecule has 0 saturated heterocycles. The van der Waals surface area contributed by atoms with E-state index in [-0.39, 0.29) is 6.04 Å². The van der Waals surface area contributed by atoms with E-state index in [0.29, 0.717) is 6.04 Å². The fourth-order valence-electron chi connectivity index (χ4n) is 2.93. The summed E-state index contributed by atoms with van der Waals surface area (Å²) in [4.78, 5) is 2.65. The summed E-state index contributed by atoms with van der Waals surface area (Å²) in [6, 6.07) is 9.49. The molecule has 2 N–H and O–H groups in total. The lowest BCUT2D eigenvalue weighted by Gasteiger charge is -2.36. The van der Waals surface area contributed by atoms with Gasteiger partial charge in [0.15, 0.2) is 0 Å². The van der Waals surface area contributed by atoms with E-state index in [9.17, 15) is 0 Å². The zero-order valence-electron chi connectivity index (χ0n) is 13.6. The van der Waals surface area contributed by atoms with Crippen molar-refractivity contribution in [3.63, 3.8) is 0 Å². The predicted molar refractivity (Wildman–Crippen MR) is 91.6 cm³/mol. The molecule has 0 radical (unpaired) electrons. The van der Waals surface area contributed by atoms with E-state index in [4.69, 9.17) is 17.3 Å². The fraction of sp³-hybridized carbons (Fsp3) is 0.667. The van der Waals surface area contributed by atoms with Crippen LogP contribution in [0.4, 0.5) is 0 Å². The Morgan fingerprint density at radius 2 is 1.86 bits per heavy atom. The van der Waals surface area contributed by atoms with Gasteiger partial charge in [-0.3, -0.25) is 4.90 Å². The molecule has 3 heteroatoms. The first kappa shape index (κ1) is 16.8. The van der Waals surface area contributed by atoms with E-state index in [0.717, 1.165) is 29.9 Å². The molecule has 1 aliphatic rings. The van der Waals surface area contributed by atoms with E-state index >= 15 is 0 Å². The van der Waals surface area contributed by atoms with Crippen LogP contribution in [-0.4, -0.2) is 23.5 Å². The van der Waals surface area contributed by atoms with Crippen LogP contribution < -0.4 is 5.73 Å². The quantitative estimate of drug-likeness (QED) is 0.758. The first-order valence-electron chi connectivity index (χ1n) is 8.29. The van der Waals surface area contributed by atoms with Crippen LogP contribution in [0, 0.1) is 5.92 Å². The molecular formula is C18H29ClN2. The number of rotatable bonds is 8. The number of nitrogens with zero attached hydrogens (tertiary/aromatic N) is 1. The summed E-state index contributed by atoms with van der Waals surface area (Å²) in [6.45, 7) is 7.91. The maximum atomic E-state index is 6.49. The van der Waals surface area contributed by atoms with Gasteiger partial charge in [-0.15, -0.1) is 0 Å². The van der Waals surface area contributed by atoms with Gasteiger partial charge in [0.1, 0.15) is 0 Å². The Morgan fingerprint density at radius 1 is 1.24 bits per heavy atom. The van der Waals surface area contributed by atoms with E-state index in [1.165, 1.54) is 24.8 Å². The molecule has 0 bridgehead atoms. The predicted octanol–water partition coefficient (Wildman–Crippen LogP) is 4.63. The van der Waals surface area contributed by atoms with Crippen molar-refractivity contribution in [3.05, 3.63) is 34.9 Å². The summed E-state index contributed by atoms with van der Waals surface area (Å²) in [5.74, 6) is 0.731. The van der Waals surface area contributed by atoms with Crippen molar-refractivity contribution in [3.8, 4) is 0 Å². The van der Waals surface area contributed by atoms with Gasteiger partial charge in [0.2, 0.25) is 0 Å². The Balaban J connectivity index is 2.21. The van der Waals surface area contributed by atoms with E-state index in [1.807, 2.05) is 12.1 Å². The Labute approximate surface area is 134 Å². The van der Waals surface area contributed by atoms with Gasteiger partial charge in [0.25, 0.3) is 0 Å². The summed E-state index contributed by atoms with van der Waals surface area (Å²) < 4.78 is 0. The normalized spacial score (nSPS) is 18.2. The van der Waals surface area contributed by atoms with E-state index in [2.05, 4.69) is 37.8 Å². The number of benzene rings is 1. The number of halogens is 1. The first-order valence-corrected chi connectivity index (χ1v) is 8.67. The number of nitrogens with two attached hydrogens (primary N) is 1. The molecule has 1 aromatic carbocycles. The van der Waals surface area contributed by atoms with Crippen LogP contribution in [0.25, 0.3) is 0 Å². The second-order valence-electron chi connectivity index (χ2n) is 6.72. The monoisotopic (exact) mass is 308 g/mol. The second-order valence-corrected chi connectivity index (χ2v) is 7.16. The van der Waals surface area contributed by atoms with Gasteiger partial charge in [0.05, 0.1) is 6.04 Å². The second kappa shape index (κ2) is 7.62. The fourth-order valence-corrected chi connectivity index (χ4v) is 3.06. The van der Waals surface area contributed by atoms with Gasteiger partial charge < -0.3 is 5.73 Å². The lowest BCUT2D eigenvalue weighted by molar-refractivity contribution is 0.151. The molecule has 1 aromatic rings. The Hall–Kier alpha value is -0.570. The SMILES string of the molecule is CCC(N)C(c1ccc(Cl)cc1)N(CCC(C)C)C1CC1. The lowest BCUT2D eigenvalue weighted by atomic mass is 9.95. The molecule has 1 saturated carbocycles. The van der Waals surface area contributed by atoms with Gasteiger partial charge in [0, 0.05) is 17.1 Å². The molecule has 2 atom stereocenters. The molecule has 1 fully saturated rings. The first-order chi connectivity index (χ1) is 10.0. The lowest BCUT2D eigenvalue weighted by Crippen LogP contribution is -2.42. The summed E-state index contributed by atoms with van der Waals surface area (Å²) in [5, 5.41) is 0.794. The van der Waals surface area contributed by atoms with Gasteiger partial charge in [-0.25, -0.2) is 0 Å². The maximum Gasteiger partial charge on any atom is 0.0502 e. The molecule has 1 aliphatic carbocycles. The zero-order valence-corrected chi connectivity index (χ0v) is 14.3. The molecule has 21 heavy (non-hydrogen) atoms. The average molecular weight is 309 g/mol. The van der Waals surface area contributed by atoms with Gasteiger partial charge in [-0.1, -0.05) is 44.5 Å². The summed E-state index contributed by atoms with van der Waals surface area (Å²) in [6.07, 6.45) is 4.87. The van der Waals surface area contributed by atoms with Crippen molar-refractivity contribution in [1.29, 1.82) is 0 Å². The summed E-state index contributed by atoms with van der Waals surface area (Å²) in [5.41, 5.74) is 7.80. The third kappa shape index (κ3) is 4.70. The van der Waals surface area contributed by atoms with Crippen molar-refractivity contribution >= 4 is 11.6 Å². The van der Waals surface area contributed by atoms with Crippen molar-refractivity contribution in [2.24, 2.45) is 11.7 Å². The van der Waals surface area contributed by atoms with Gasteiger partial charge in [-0.05, 0) is 55.8 Å². The van der Waals surface area contributed by atoms with Crippen LogP contribution in [0.5, 0.6) is 0 Å². The van der Waals surface area contributed by atoms with Crippen LogP contribution in [0.3, 0.4) is 0 Å². The summed E-state index contributed by atoms with van der Waals surface area (Å²) >= 11 is 6.04. The zero-order chi connectivity index (χ0) is 15.4. The van der Waals surface area contributed by atoms with Crippen LogP contribution >= 0.6 is 11.6 Å². The Bertz CT molecular complexity index is 425. The Kier molecular flexibility index (Phi) is 6.09. The highest BCUT2D eigenvalue weighted by atomic mass is 35.5. The molecule has 0 aromatic heterocycles. The molecule has 0 spiro atoms. The van der Waals surface area contributed by atoms with Crippen LogP contribution in [0.1, 0.15) is 58.1 Å². The minimum atomic E-state index is 0.180.